The Labute approximate surface area is 167 Å². The molecule has 148 valence electrons. The minimum Gasteiger partial charge on any atom is -0.462 e. The van der Waals surface area contributed by atoms with Crippen LogP contribution in [0.15, 0.2) is 60.7 Å². The molecule has 3 rings (SSSR count). The number of hydrogen-bond acceptors (Lipinski definition) is 4. The van der Waals surface area contributed by atoms with Crippen LogP contribution in [-0.4, -0.2) is 23.6 Å². The molecular weight excluding hydrogens is 373 g/mol. The van der Waals surface area contributed by atoms with Crippen LogP contribution >= 0.6 is 0 Å². The van der Waals surface area contributed by atoms with E-state index in [0.717, 1.165) is 5.56 Å². The number of halogens is 1. The number of urea groups is 1. The molecule has 2 aromatic carbocycles. The zero-order valence-corrected chi connectivity index (χ0v) is 16.0. The van der Waals surface area contributed by atoms with Gasteiger partial charge in [0.1, 0.15) is 5.82 Å². The van der Waals surface area contributed by atoms with Gasteiger partial charge in [0.15, 0.2) is 0 Å². The van der Waals surface area contributed by atoms with Crippen molar-refractivity contribution in [2.75, 3.05) is 17.2 Å². The molecule has 0 saturated heterocycles. The first-order valence-electron chi connectivity index (χ1n) is 9.05. The molecule has 0 fully saturated rings. The van der Waals surface area contributed by atoms with E-state index in [0.29, 0.717) is 34.9 Å². The monoisotopic (exact) mass is 393 g/mol. The molecule has 29 heavy (non-hydrogen) atoms. The maximum atomic E-state index is 13.1. The number of esters is 1. The number of hydrogen-bond donors (Lipinski definition) is 2. The van der Waals surface area contributed by atoms with Crippen LogP contribution in [0.1, 0.15) is 23.0 Å². The van der Waals surface area contributed by atoms with Gasteiger partial charge in [-0.25, -0.2) is 14.0 Å². The van der Waals surface area contributed by atoms with Gasteiger partial charge >= 0.3 is 12.0 Å². The second-order valence-corrected chi connectivity index (χ2v) is 6.21. The third-order valence-corrected chi connectivity index (χ3v) is 4.13. The van der Waals surface area contributed by atoms with Crippen molar-refractivity contribution in [3.63, 3.8) is 0 Å². The van der Waals surface area contributed by atoms with E-state index in [-0.39, 0.29) is 5.82 Å². The Morgan fingerprint density at radius 2 is 1.66 bits per heavy atom. The van der Waals surface area contributed by atoms with Crippen molar-refractivity contribution in [1.82, 2.24) is 4.98 Å². The van der Waals surface area contributed by atoms with E-state index in [9.17, 15) is 14.0 Å². The van der Waals surface area contributed by atoms with Crippen LogP contribution in [0.4, 0.5) is 20.6 Å². The number of amides is 2. The molecule has 2 amide bonds. The van der Waals surface area contributed by atoms with Gasteiger partial charge in [0.2, 0.25) is 0 Å². The Hall–Kier alpha value is -3.74. The van der Waals surface area contributed by atoms with Gasteiger partial charge in [-0.3, -0.25) is 4.98 Å². The number of anilines is 2. The minimum atomic E-state index is -0.437. The topological polar surface area (TPSA) is 80.3 Å². The van der Waals surface area contributed by atoms with Crippen molar-refractivity contribution in [3.8, 4) is 11.3 Å². The lowest BCUT2D eigenvalue weighted by molar-refractivity contribution is 0.0526. The fraction of sp³-hybridized carbons (Fsp3) is 0.136. The van der Waals surface area contributed by atoms with Gasteiger partial charge in [-0.15, -0.1) is 0 Å². The summed E-state index contributed by atoms with van der Waals surface area (Å²) in [6.07, 6.45) is 0. The molecule has 3 aromatic rings. The predicted octanol–water partition coefficient (Wildman–Crippen LogP) is 5.02. The van der Waals surface area contributed by atoms with Gasteiger partial charge in [0, 0.05) is 11.3 Å². The second-order valence-electron chi connectivity index (χ2n) is 6.21. The molecular formula is C22H20FN3O3. The molecule has 0 aliphatic carbocycles. The smallest absolute Gasteiger partial charge is 0.338 e. The highest BCUT2D eigenvalue weighted by atomic mass is 19.1. The van der Waals surface area contributed by atoms with Gasteiger partial charge < -0.3 is 15.4 Å². The Morgan fingerprint density at radius 1 is 0.966 bits per heavy atom. The van der Waals surface area contributed by atoms with Gasteiger partial charge in [0.25, 0.3) is 0 Å². The van der Waals surface area contributed by atoms with Crippen LogP contribution in [0.5, 0.6) is 0 Å². The van der Waals surface area contributed by atoms with Crippen molar-refractivity contribution >= 4 is 23.4 Å². The third kappa shape index (κ3) is 5.16. The molecule has 0 radical (unpaired) electrons. The number of rotatable bonds is 5. The Morgan fingerprint density at radius 3 is 2.28 bits per heavy atom. The molecule has 0 bridgehead atoms. The maximum Gasteiger partial charge on any atom is 0.338 e. The number of carbonyl (C=O) groups excluding carboxylic acids is 2. The van der Waals surface area contributed by atoms with Crippen molar-refractivity contribution in [2.45, 2.75) is 13.8 Å². The summed E-state index contributed by atoms with van der Waals surface area (Å²) in [4.78, 5) is 28.4. The highest BCUT2D eigenvalue weighted by Gasteiger charge is 2.10. The molecule has 6 nitrogen and oxygen atoms in total. The van der Waals surface area contributed by atoms with Gasteiger partial charge in [-0.2, -0.15) is 0 Å². The van der Waals surface area contributed by atoms with Crippen LogP contribution in [0.25, 0.3) is 11.3 Å². The lowest BCUT2D eigenvalue weighted by Crippen LogP contribution is -2.20. The fourth-order valence-corrected chi connectivity index (χ4v) is 2.66. The van der Waals surface area contributed by atoms with Gasteiger partial charge in [-0.05, 0) is 74.5 Å². The molecule has 0 aliphatic rings. The second kappa shape index (κ2) is 8.97. The van der Waals surface area contributed by atoms with E-state index in [2.05, 4.69) is 15.6 Å². The summed E-state index contributed by atoms with van der Waals surface area (Å²) in [7, 11) is 0. The Balaban J connectivity index is 1.64. The van der Waals surface area contributed by atoms with E-state index in [1.807, 2.05) is 0 Å². The zero-order chi connectivity index (χ0) is 20.8. The molecule has 0 atom stereocenters. The molecule has 0 unspecified atom stereocenters. The van der Waals surface area contributed by atoms with Gasteiger partial charge in [0.05, 0.1) is 29.2 Å². The summed E-state index contributed by atoms with van der Waals surface area (Å²) < 4.78 is 18.0. The number of carbonyl (C=O) groups is 2. The molecule has 0 spiro atoms. The SMILES string of the molecule is CCOC(=O)c1ccc(NC(=O)Nc2ccc(-c3ccc(F)cc3)nc2C)cc1. The summed E-state index contributed by atoms with van der Waals surface area (Å²) in [6, 6.07) is 15.5. The number of pyridine rings is 1. The number of aryl methyl sites for hydroxylation is 1. The highest BCUT2D eigenvalue weighted by molar-refractivity contribution is 6.00. The molecule has 0 aliphatic heterocycles. The van der Waals surface area contributed by atoms with Crippen LogP contribution in [-0.2, 0) is 4.74 Å². The van der Waals surface area contributed by atoms with Crippen LogP contribution in [0.3, 0.4) is 0 Å². The summed E-state index contributed by atoms with van der Waals surface area (Å²) >= 11 is 0. The maximum absolute atomic E-state index is 13.1. The molecule has 1 aromatic heterocycles. The Kier molecular flexibility index (Phi) is 6.19. The van der Waals surface area contributed by atoms with Crippen molar-refractivity contribution < 1.29 is 18.7 Å². The summed E-state index contributed by atoms with van der Waals surface area (Å²) in [6.45, 7) is 3.81. The van der Waals surface area contributed by atoms with Crippen LogP contribution in [0, 0.1) is 12.7 Å². The summed E-state index contributed by atoms with van der Waals surface area (Å²) in [5.41, 5.74) is 3.59. The van der Waals surface area contributed by atoms with Crippen LogP contribution in [0.2, 0.25) is 0 Å². The van der Waals surface area contributed by atoms with Crippen molar-refractivity contribution in [1.29, 1.82) is 0 Å². The standard InChI is InChI=1S/C22H20FN3O3/c1-3-29-21(27)16-6-10-18(11-7-16)25-22(28)26-19-12-13-20(24-14(19)2)15-4-8-17(23)9-5-15/h4-13H,3H2,1-2H3,(H2,25,26,28). The third-order valence-electron chi connectivity index (χ3n) is 4.13. The number of aromatic nitrogens is 1. The quantitative estimate of drug-likeness (QED) is 0.597. The van der Waals surface area contributed by atoms with E-state index in [4.69, 9.17) is 4.74 Å². The number of nitrogens with zero attached hydrogens (tertiary/aromatic N) is 1. The molecule has 1 heterocycles. The average molecular weight is 393 g/mol. The number of ether oxygens (including phenoxy) is 1. The normalized spacial score (nSPS) is 10.3. The van der Waals surface area contributed by atoms with E-state index in [1.165, 1.54) is 12.1 Å². The zero-order valence-electron chi connectivity index (χ0n) is 16.0. The van der Waals surface area contributed by atoms with E-state index >= 15 is 0 Å². The lowest BCUT2D eigenvalue weighted by atomic mass is 10.1. The summed E-state index contributed by atoms with van der Waals surface area (Å²) in [5, 5.41) is 5.44. The van der Waals surface area contributed by atoms with E-state index < -0.39 is 12.0 Å². The van der Waals surface area contributed by atoms with Crippen LogP contribution < -0.4 is 10.6 Å². The average Bonchev–Trinajstić information content (AvgIpc) is 2.71. The number of benzene rings is 2. The first kappa shape index (κ1) is 20.0. The highest BCUT2D eigenvalue weighted by Crippen LogP contribution is 2.22. The van der Waals surface area contributed by atoms with Gasteiger partial charge in [-0.1, -0.05) is 0 Å². The molecule has 0 saturated carbocycles. The Bertz CT molecular complexity index is 1020. The first-order valence-corrected chi connectivity index (χ1v) is 9.05. The summed E-state index contributed by atoms with van der Waals surface area (Å²) in [5.74, 6) is -0.720. The number of nitrogens with one attached hydrogen (secondary N) is 2. The molecule has 2 N–H and O–H groups in total. The predicted molar refractivity (Wildman–Crippen MR) is 109 cm³/mol. The molecule has 7 heteroatoms. The van der Waals surface area contributed by atoms with E-state index in [1.54, 1.807) is 62.4 Å². The van der Waals surface area contributed by atoms with Crippen molar-refractivity contribution in [2.24, 2.45) is 0 Å². The minimum absolute atomic E-state index is 0.300. The lowest BCUT2D eigenvalue weighted by Gasteiger charge is -2.11. The first-order chi connectivity index (χ1) is 14.0. The van der Waals surface area contributed by atoms with Crippen molar-refractivity contribution in [3.05, 3.63) is 77.7 Å². The fourth-order valence-electron chi connectivity index (χ4n) is 2.66. The largest absolute Gasteiger partial charge is 0.462 e.